The number of hydrogen-bond donors (Lipinski definition) is 3. The zero-order valence-electron chi connectivity index (χ0n) is 22.3. The average molecular weight is 519 g/mol. The van der Waals surface area contributed by atoms with Crippen molar-refractivity contribution in [2.24, 2.45) is 0 Å². The Bertz CT molecular complexity index is 1190. The standard InChI is InChI=1S/C29H38N6O3/c1-3-29(28(36)37,34-26-13-4-6-16-31-26)35(20-21-38-25-12-9-17-30-22(25)2)19-7-5-11-24-15-14-23-10-8-18-32-27(23)33-24/h4,6,9,12-17H,3,5,7-8,10-11,18-21H2,1-2H3,(H,31,34)(H,32,33)(H,36,37). The highest BCUT2D eigenvalue weighted by Gasteiger charge is 2.43. The molecule has 0 aromatic carbocycles. The quantitative estimate of drug-likeness (QED) is 0.209. The van der Waals surface area contributed by atoms with E-state index in [9.17, 15) is 9.90 Å². The van der Waals surface area contributed by atoms with E-state index in [1.54, 1.807) is 18.5 Å². The molecule has 3 aromatic heterocycles. The summed E-state index contributed by atoms with van der Waals surface area (Å²) in [7, 11) is 0. The smallest absolute Gasteiger partial charge is 0.344 e. The molecule has 0 saturated heterocycles. The van der Waals surface area contributed by atoms with Crippen LogP contribution in [0.1, 0.15) is 49.6 Å². The second-order valence-electron chi connectivity index (χ2n) is 9.58. The first-order valence-electron chi connectivity index (χ1n) is 13.5. The molecule has 3 aromatic rings. The molecule has 0 spiro atoms. The van der Waals surface area contributed by atoms with Crippen LogP contribution in [0.15, 0.2) is 54.9 Å². The molecule has 0 amide bonds. The van der Waals surface area contributed by atoms with Crippen molar-refractivity contribution in [1.29, 1.82) is 0 Å². The molecule has 0 fully saturated rings. The van der Waals surface area contributed by atoms with E-state index < -0.39 is 11.6 Å². The Labute approximate surface area is 224 Å². The molecular formula is C29H38N6O3. The van der Waals surface area contributed by atoms with E-state index in [-0.39, 0.29) is 0 Å². The van der Waals surface area contributed by atoms with Crippen LogP contribution in [0.3, 0.4) is 0 Å². The van der Waals surface area contributed by atoms with Crippen LogP contribution in [0.4, 0.5) is 11.6 Å². The summed E-state index contributed by atoms with van der Waals surface area (Å²) in [6.07, 6.45) is 8.50. The number of fused-ring (bicyclic) bond motifs is 1. The van der Waals surface area contributed by atoms with Gasteiger partial charge in [-0.3, -0.25) is 9.88 Å². The highest BCUT2D eigenvalue weighted by atomic mass is 16.5. The van der Waals surface area contributed by atoms with Crippen LogP contribution in [-0.2, 0) is 17.6 Å². The number of carboxylic acid groups (broad SMARTS) is 1. The van der Waals surface area contributed by atoms with Crippen molar-refractivity contribution in [3.63, 3.8) is 0 Å². The van der Waals surface area contributed by atoms with Crippen molar-refractivity contribution < 1.29 is 14.6 Å². The number of carboxylic acids is 1. The normalized spacial score (nSPS) is 14.3. The highest BCUT2D eigenvalue weighted by molar-refractivity contribution is 5.81. The summed E-state index contributed by atoms with van der Waals surface area (Å²) >= 11 is 0. The average Bonchev–Trinajstić information content (AvgIpc) is 2.94. The summed E-state index contributed by atoms with van der Waals surface area (Å²) < 4.78 is 6.01. The maximum atomic E-state index is 12.8. The number of ether oxygens (including phenoxy) is 1. The van der Waals surface area contributed by atoms with E-state index in [2.05, 4.69) is 32.7 Å². The minimum atomic E-state index is -1.32. The van der Waals surface area contributed by atoms with Crippen LogP contribution >= 0.6 is 0 Å². The van der Waals surface area contributed by atoms with Gasteiger partial charge in [-0.25, -0.2) is 14.8 Å². The lowest BCUT2D eigenvalue weighted by Crippen LogP contribution is -2.61. The Hall–Kier alpha value is -3.72. The van der Waals surface area contributed by atoms with Crippen LogP contribution in [-0.4, -0.2) is 62.8 Å². The minimum absolute atomic E-state index is 0.337. The summed E-state index contributed by atoms with van der Waals surface area (Å²) in [5, 5.41) is 17.1. The summed E-state index contributed by atoms with van der Waals surface area (Å²) in [6.45, 7) is 6.09. The van der Waals surface area contributed by atoms with Crippen LogP contribution < -0.4 is 15.4 Å². The number of anilines is 2. The van der Waals surface area contributed by atoms with Crippen LogP contribution in [0.2, 0.25) is 0 Å². The second-order valence-corrected chi connectivity index (χ2v) is 9.58. The van der Waals surface area contributed by atoms with Crippen molar-refractivity contribution in [2.45, 2.75) is 58.0 Å². The number of nitrogens with zero attached hydrogens (tertiary/aromatic N) is 4. The van der Waals surface area contributed by atoms with Crippen LogP contribution in [0.25, 0.3) is 0 Å². The predicted molar refractivity (Wildman–Crippen MR) is 149 cm³/mol. The third-order valence-corrected chi connectivity index (χ3v) is 7.05. The Balaban J connectivity index is 1.45. The lowest BCUT2D eigenvalue weighted by molar-refractivity contribution is -0.150. The number of aryl methyl sites for hydroxylation is 3. The molecule has 202 valence electrons. The van der Waals surface area contributed by atoms with Gasteiger partial charge in [-0.2, -0.15) is 0 Å². The zero-order valence-corrected chi connectivity index (χ0v) is 22.3. The monoisotopic (exact) mass is 518 g/mol. The molecule has 1 unspecified atom stereocenters. The van der Waals surface area contributed by atoms with Gasteiger partial charge in [-0.15, -0.1) is 0 Å². The molecule has 9 nitrogen and oxygen atoms in total. The SMILES string of the molecule is CCC(Nc1ccccn1)(C(=O)O)N(CCCCc1ccc2c(n1)NCCC2)CCOc1cccnc1C. The first kappa shape index (κ1) is 27.3. The lowest BCUT2D eigenvalue weighted by atomic mass is 10.0. The van der Waals surface area contributed by atoms with Crippen molar-refractivity contribution >= 4 is 17.6 Å². The zero-order chi connectivity index (χ0) is 26.8. The van der Waals surface area contributed by atoms with E-state index in [4.69, 9.17) is 9.72 Å². The summed E-state index contributed by atoms with van der Waals surface area (Å²) in [6, 6.07) is 13.4. The van der Waals surface area contributed by atoms with Gasteiger partial charge >= 0.3 is 5.97 Å². The van der Waals surface area contributed by atoms with Gasteiger partial charge < -0.3 is 20.5 Å². The van der Waals surface area contributed by atoms with Crippen LogP contribution in [0.5, 0.6) is 5.75 Å². The lowest BCUT2D eigenvalue weighted by Gasteiger charge is -2.41. The maximum absolute atomic E-state index is 12.8. The van der Waals surface area contributed by atoms with Gasteiger partial charge in [0.05, 0.1) is 5.69 Å². The van der Waals surface area contributed by atoms with Gasteiger partial charge in [0, 0.05) is 37.7 Å². The van der Waals surface area contributed by atoms with E-state index in [1.807, 2.05) is 43.0 Å². The Kier molecular flexibility index (Phi) is 9.48. The van der Waals surface area contributed by atoms with Gasteiger partial charge in [-0.05, 0) is 81.3 Å². The molecule has 9 heteroatoms. The number of aliphatic carboxylic acids is 1. The summed E-state index contributed by atoms with van der Waals surface area (Å²) in [5.41, 5.74) is 1.82. The fourth-order valence-electron chi connectivity index (χ4n) is 4.88. The molecule has 38 heavy (non-hydrogen) atoms. The number of pyridine rings is 3. The number of aromatic nitrogens is 3. The third-order valence-electron chi connectivity index (χ3n) is 7.05. The number of hydrogen-bond acceptors (Lipinski definition) is 8. The topological polar surface area (TPSA) is 112 Å². The number of carbonyl (C=O) groups is 1. The van der Waals surface area contributed by atoms with Crippen molar-refractivity contribution in [1.82, 2.24) is 19.9 Å². The molecule has 1 aliphatic heterocycles. The molecular weight excluding hydrogens is 480 g/mol. The van der Waals surface area contributed by atoms with Gasteiger partial charge in [-0.1, -0.05) is 19.1 Å². The van der Waals surface area contributed by atoms with Crippen molar-refractivity contribution in [3.05, 3.63) is 71.8 Å². The molecule has 1 aliphatic rings. The fraction of sp³-hybridized carbons (Fsp3) is 0.448. The van der Waals surface area contributed by atoms with E-state index in [0.29, 0.717) is 37.7 Å². The van der Waals surface area contributed by atoms with E-state index >= 15 is 0 Å². The predicted octanol–water partition coefficient (Wildman–Crippen LogP) is 4.54. The van der Waals surface area contributed by atoms with E-state index in [1.165, 1.54) is 5.56 Å². The first-order chi connectivity index (χ1) is 18.5. The van der Waals surface area contributed by atoms with Gasteiger partial charge in [0.25, 0.3) is 0 Å². The van der Waals surface area contributed by atoms with Crippen molar-refractivity contribution in [2.75, 3.05) is 36.9 Å². The van der Waals surface area contributed by atoms with Crippen molar-refractivity contribution in [3.8, 4) is 5.75 Å². The molecule has 1 atom stereocenters. The number of rotatable bonds is 14. The van der Waals surface area contributed by atoms with Gasteiger partial charge in [0.15, 0.2) is 5.66 Å². The van der Waals surface area contributed by atoms with Gasteiger partial charge in [0.2, 0.25) is 0 Å². The van der Waals surface area contributed by atoms with E-state index in [0.717, 1.165) is 55.9 Å². The third kappa shape index (κ3) is 6.77. The second kappa shape index (κ2) is 13.2. The molecule has 0 aliphatic carbocycles. The molecule has 0 saturated carbocycles. The minimum Gasteiger partial charge on any atom is -0.490 e. The summed E-state index contributed by atoms with van der Waals surface area (Å²) in [4.78, 5) is 28.2. The van der Waals surface area contributed by atoms with Gasteiger partial charge in [0.1, 0.15) is 24.0 Å². The first-order valence-corrected chi connectivity index (χ1v) is 13.5. The Morgan fingerprint density at radius 3 is 2.76 bits per heavy atom. The molecule has 0 bridgehead atoms. The molecule has 3 N–H and O–H groups in total. The maximum Gasteiger partial charge on any atom is 0.344 e. The van der Waals surface area contributed by atoms with Crippen LogP contribution in [0, 0.1) is 6.92 Å². The largest absolute Gasteiger partial charge is 0.490 e. The highest BCUT2D eigenvalue weighted by Crippen LogP contribution is 2.25. The number of unbranched alkanes of at least 4 members (excludes halogenated alkanes) is 1. The number of nitrogens with one attached hydrogen (secondary N) is 2. The Morgan fingerprint density at radius 1 is 1.13 bits per heavy atom. The molecule has 0 radical (unpaired) electrons. The fourth-order valence-corrected chi connectivity index (χ4v) is 4.88. The molecule has 4 heterocycles. The Morgan fingerprint density at radius 2 is 2.00 bits per heavy atom. The summed E-state index contributed by atoms with van der Waals surface area (Å²) in [5.74, 6) is 1.30. The molecule has 4 rings (SSSR count).